The van der Waals surface area contributed by atoms with Crippen molar-refractivity contribution in [2.24, 2.45) is 4.99 Å². The van der Waals surface area contributed by atoms with E-state index in [1.165, 1.54) is 0 Å². The third kappa shape index (κ3) is 3.85. The van der Waals surface area contributed by atoms with Crippen LogP contribution >= 0.6 is 15.9 Å². The second-order valence-electron chi connectivity index (χ2n) is 4.51. The summed E-state index contributed by atoms with van der Waals surface area (Å²) in [7, 11) is 1.63. The van der Waals surface area contributed by atoms with Crippen molar-refractivity contribution >= 4 is 27.8 Å². The van der Waals surface area contributed by atoms with Crippen LogP contribution in [-0.4, -0.2) is 19.9 Å². The number of hydrogen-bond acceptors (Lipinski definition) is 3. The molecular formula is C17H18BrNO2. The predicted molar refractivity (Wildman–Crippen MR) is 90.3 cm³/mol. The SMILES string of the molecule is CCOc1cc(C=Nc2ccccc2C)cc(Br)c1OC. The van der Waals surface area contributed by atoms with Gasteiger partial charge in [-0.1, -0.05) is 18.2 Å². The van der Waals surface area contributed by atoms with Gasteiger partial charge in [0.15, 0.2) is 11.5 Å². The molecular weight excluding hydrogens is 330 g/mol. The van der Waals surface area contributed by atoms with Crippen molar-refractivity contribution in [1.29, 1.82) is 0 Å². The fourth-order valence-electron chi connectivity index (χ4n) is 1.98. The second kappa shape index (κ2) is 7.27. The van der Waals surface area contributed by atoms with Crippen LogP contribution in [0.1, 0.15) is 18.1 Å². The first-order valence-corrected chi connectivity index (χ1v) is 7.55. The molecule has 0 aliphatic rings. The van der Waals surface area contributed by atoms with Crippen molar-refractivity contribution < 1.29 is 9.47 Å². The molecule has 0 amide bonds. The van der Waals surface area contributed by atoms with Gasteiger partial charge in [-0.15, -0.1) is 0 Å². The molecule has 0 aliphatic heterocycles. The Kier molecular flexibility index (Phi) is 5.39. The van der Waals surface area contributed by atoms with Crippen LogP contribution in [0.5, 0.6) is 11.5 Å². The van der Waals surface area contributed by atoms with Gasteiger partial charge >= 0.3 is 0 Å². The molecule has 0 saturated heterocycles. The summed E-state index contributed by atoms with van der Waals surface area (Å²) in [5, 5.41) is 0. The van der Waals surface area contributed by atoms with E-state index in [9.17, 15) is 0 Å². The van der Waals surface area contributed by atoms with E-state index in [0.717, 1.165) is 21.3 Å². The lowest BCUT2D eigenvalue weighted by Crippen LogP contribution is -1.97. The highest BCUT2D eigenvalue weighted by Gasteiger charge is 2.10. The first-order valence-electron chi connectivity index (χ1n) is 6.75. The van der Waals surface area contributed by atoms with Gasteiger partial charge in [0.25, 0.3) is 0 Å². The fourth-order valence-corrected chi connectivity index (χ4v) is 2.60. The monoisotopic (exact) mass is 347 g/mol. The molecule has 0 aliphatic carbocycles. The maximum Gasteiger partial charge on any atom is 0.174 e. The van der Waals surface area contributed by atoms with E-state index in [-0.39, 0.29) is 0 Å². The van der Waals surface area contributed by atoms with E-state index in [0.29, 0.717) is 18.1 Å². The Bertz CT molecular complexity index is 653. The van der Waals surface area contributed by atoms with Gasteiger partial charge in [0.05, 0.1) is 23.9 Å². The van der Waals surface area contributed by atoms with Gasteiger partial charge < -0.3 is 9.47 Å². The number of rotatable bonds is 5. The van der Waals surface area contributed by atoms with Crippen LogP contribution in [0.15, 0.2) is 45.9 Å². The Hall–Kier alpha value is -1.81. The van der Waals surface area contributed by atoms with Gasteiger partial charge in [0.1, 0.15) is 0 Å². The van der Waals surface area contributed by atoms with Crippen molar-refractivity contribution in [1.82, 2.24) is 0 Å². The predicted octanol–water partition coefficient (Wildman–Crippen LogP) is 4.92. The molecule has 0 saturated carbocycles. The van der Waals surface area contributed by atoms with Gasteiger partial charge in [-0.3, -0.25) is 4.99 Å². The van der Waals surface area contributed by atoms with Crippen molar-refractivity contribution in [3.05, 3.63) is 52.0 Å². The van der Waals surface area contributed by atoms with E-state index < -0.39 is 0 Å². The number of hydrogen-bond donors (Lipinski definition) is 0. The molecule has 2 aromatic carbocycles. The lowest BCUT2D eigenvalue weighted by Gasteiger charge is -2.11. The molecule has 0 N–H and O–H groups in total. The van der Waals surface area contributed by atoms with E-state index in [4.69, 9.17) is 9.47 Å². The second-order valence-corrected chi connectivity index (χ2v) is 5.37. The number of benzene rings is 2. The Morgan fingerprint density at radius 2 is 2.00 bits per heavy atom. The molecule has 110 valence electrons. The number of aliphatic imine (C=N–C) groups is 1. The lowest BCUT2D eigenvalue weighted by atomic mass is 10.2. The summed E-state index contributed by atoms with van der Waals surface area (Å²) in [5.41, 5.74) is 3.06. The number of ether oxygens (including phenoxy) is 2. The Labute approximate surface area is 133 Å². The average molecular weight is 348 g/mol. The molecule has 3 nitrogen and oxygen atoms in total. The summed E-state index contributed by atoms with van der Waals surface area (Å²) in [4.78, 5) is 4.53. The highest BCUT2D eigenvalue weighted by atomic mass is 79.9. The number of methoxy groups -OCH3 is 1. The minimum atomic E-state index is 0.585. The smallest absolute Gasteiger partial charge is 0.174 e. The zero-order chi connectivity index (χ0) is 15.2. The van der Waals surface area contributed by atoms with Crippen LogP contribution < -0.4 is 9.47 Å². The van der Waals surface area contributed by atoms with E-state index in [1.807, 2.05) is 56.5 Å². The normalized spacial score (nSPS) is 10.9. The maximum atomic E-state index is 5.61. The first kappa shape index (κ1) is 15.6. The standard InChI is InChI=1S/C17H18BrNO2/c1-4-21-16-10-13(9-14(18)17(16)20-3)11-19-15-8-6-5-7-12(15)2/h5-11H,4H2,1-3H3. The summed E-state index contributed by atoms with van der Waals surface area (Å²) in [6, 6.07) is 11.9. The minimum absolute atomic E-state index is 0.585. The fraction of sp³-hybridized carbons (Fsp3) is 0.235. The van der Waals surface area contributed by atoms with E-state index >= 15 is 0 Å². The number of para-hydroxylation sites is 1. The molecule has 0 radical (unpaired) electrons. The number of aryl methyl sites for hydroxylation is 1. The zero-order valence-corrected chi connectivity index (χ0v) is 14.0. The summed E-state index contributed by atoms with van der Waals surface area (Å²) >= 11 is 3.50. The molecule has 0 atom stereocenters. The van der Waals surface area contributed by atoms with Crippen molar-refractivity contribution in [2.45, 2.75) is 13.8 Å². The molecule has 0 heterocycles. The molecule has 0 aromatic heterocycles. The van der Waals surface area contributed by atoms with Crippen LogP contribution in [0.3, 0.4) is 0 Å². The molecule has 2 rings (SSSR count). The highest BCUT2D eigenvalue weighted by Crippen LogP contribution is 2.36. The van der Waals surface area contributed by atoms with Gasteiger partial charge in [-0.25, -0.2) is 0 Å². The molecule has 0 bridgehead atoms. The zero-order valence-electron chi connectivity index (χ0n) is 12.4. The van der Waals surface area contributed by atoms with Crippen LogP contribution in [0, 0.1) is 6.92 Å². The first-order chi connectivity index (χ1) is 10.2. The summed E-state index contributed by atoms with van der Waals surface area (Å²) in [5.74, 6) is 1.41. The summed E-state index contributed by atoms with van der Waals surface area (Å²) < 4.78 is 11.8. The van der Waals surface area contributed by atoms with Gasteiger partial charge in [-0.2, -0.15) is 0 Å². The highest BCUT2D eigenvalue weighted by molar-refractivity contribution is 9.10. The van der Waals surface area contributed by atoms with Gasteiger partial charge in [0.2, 0.25) is 0 Å². The Balaban J connectivity index is 2.34. The molecule has 4 heteroatoms. The Morgan fingerprint density at radius 1 is 1.24 bits per heavy atom. The molecule has 2 aromatic rings. The molecule has 0 spiro atoms. The van der Waals surface area contributed by atoms with Gasteiger partial charge in [-0.05, 0) is 59.1 Å². The maximum absolute atomic E-state index is 5.61. The van der Waals surface area contributed by atoms with Crippen molar-refractivity contribution in [2.75, 3.05) is 13.7 Å². The lowest BCUT2D eigenvalue weighted by molar-refractivity contribution is 0.310. The topological polar surface area (TPSA) is 30.8 Å². The van der Waals surface area contributed by atoms with E-state index in [1.54, 1.807) is 7.11 Å². The molecule has 21 heavy (non-hydrogen) atoms. The largest absolute Gasteiger partial charge is 0.492 e. The molecule has 0 unspecified atom stereocenters. The number of halogens is 1. The minimum Gasteiger partial charge on any atom is -0.492 e. The summed E-state index contributed by atoms with van der Waals surface area (Å²) in [6.45, 7) is 4.57. The summed E-state index contributed by atoms with van der Waals surface area (Å²) in [6.07, 6.45) is 1.83. The Morgan fingerprint density at radius 3 is 2.67 bits per heavy atom. The van der Waals surface area contributed by atoms with Gasteiger partial charge in [0, 0.05) is 6.21 Å². The third-order valence-corrected chi connectivity index (χ3v) is 3.59. The third-order valence-electron chi connectivity index (χ3n) is 3.00. The van der Waals surface area contributed by atoms with Crippen molar-refractivity contribution in [3.8, 4) is 11.5 Å². The van der Waals surface area contributed by atoms with Crippen LogP contribution in [0.2, 0.25) is 0 Å². The molecule has 0 fully saturated rings. The average Bonchev–Trinajstić information content (AvgIpc) is 2.47. The quantitative estimate of drug-likeness (QED) is 0.719. The van der Waals surface area contributed by atoms with Crippen molar-refractivity contribution in [3.63, 3.8) is 0 Å². The van der Waals surface area contributed by atoms with Crippen LogP contribution in [-0.2, 0) is 0 Å². The van der Waals surface area contributed by atoms with Crippen LogP contribution in [0.4, 0.5) is 5.69 Å². The van der Waals surface area contributed by atoms with E-state index in [2.05, 4.69) is 20.9 Å². The number of nitrogens with zero attached hydrogens (tertiary/aromatic N) is 1. The van der Waals surface area contributed by atoms with Crippen LogP contribution in [0.25, 0.3) is 0 Å².